The van der Waals surface area contributed by atoms with Crippen LogP contribution in [-0.2, 0) is 11.3 Å². The SMILES string of the molecule is COCCn1nnnc1C(c1cc2ccc(C)c(C)c2[nH]c1=O)N1CCN(c2cc(Cl)ccc2C)CC1. The molecule has 0 amide bonds. The van der Waals surface area contributed by atoms with Crippen LogP contribution in [0, 0.1) is 20.8 Å². The Labute approximate surface area is 221 Å². The number of aryl methyl sites for hydroxylation is 3. The van der Waals surface area contributed by atoms with Crippen molar-refractivity contribution in [2.45, 2.75) is 33.4 Å². The number of tetrazole rings is 1. The number of pyridine rings is 1. The summed E-state index contributed by atoms with van der Waals surface area (Å²) in [5.41, 5.74) is 5.93. The van der Waals surface area contributed by atoms with E-state index in [1.807, 2.05) is 25.1 Å². The van der Waals surface area contributed by atoms with Gasteiger partial charge in [-0.3, -0.25) is 9.69 Å². The zero-order valence-electron chi connectivity index (χ0n) is 21.7. The summed E-state index contributed by atoms with van der Waals surface area (Å²) in [5, 5.41) is 14.3. The second-order valence-electron chi connectivity index (χ2n) is 9.63. The number of aromatic nitrogens is 5. The minimum absolute atomic E-state index is 0.124. The van der Waals surface area contributed by atoms with Crippen molar-refractivity contribution in [3.8, 4) is 0 Å². The lowest BCUT2D eigenvalue weighted by Crippen LogP contribution is -2.49. The summed E-state index contributed by atoms with van der Waals surface area (Å²) in [6.07, 6.45) is 0. The molecule has 0 spiro atoms. The molecule has 194 valence electrons. The van der Waals surface area contributed by atoms with Crippen molar-refractivity contribution in [2.75, 3.05) is 44.8 Å². The molecule has 37 heavy (non-hydrogen) atoms. The summed E-state index contributed by atoms with van der Waals surface area (Å²) >= 11 is 6.30. The second kappa shape index (κ2) is 10.6. The number of nitrogens with zero attached hydrogens (tertiary/aromatic N) is 6. The molecule has 0 bridgehead atoms. The van der Waals surface area contributed by atoms with E-state index in [1.165, 1.54) is 5.56 Å². The molecule has 4 aromatic rings. The predicted octanol–water partition coefficient (Wildman–Crippen LogP) is 3.65. The van der Waals surface area contributed by atoms with Gasteiger partial charge in [-0.25, -0.2) is 4.68 Å². The van der Waals surface area contributed by atoms with Crippen LogP contribution in [-0.4, -0.2) is 70.0 Å². The normalized spacial score (nSPS) is 15.4. The van der Waals surface area contributed by atoms with Crippen LogP contribution in [0.4, 0.5) is 5.69 Å². The number of anilines is 1. The van der Waals surface area contributed by atoms with E-state index in [4.69, 9.17) is 16.3 Å². The molecule has 1 unspecified atom stereocenters. The summed E-state index contributed by atoms with van der Waals surface area (Å²) in [6, 6.07) is 11.7. The fourth-order valence-corrected chi connectivity index (χ4v) is 5.30. The number of benzene rings is 2. The van der Waals surface area contributed by atoms with E-state index < -0.39 is 6.04 Å². The van der Waals surface area contributed by atoms with Crippen LogP contribution >= 0.6 is 11.6 Å². The third kappa shape index (κ3) is 4.99. The number of fused-ring (bicyclic) bond motifs is 1. The van der Waals surface area contributed by atoms with Crippen molar-refractivity contribution in [2.24, 2.45) is 0 Å². The topological polar surface area (TPSA) is 92.2 Å². The molecular weight excluding hydrogens is 490 g/mol. The highest BCUT2D eigenvalue weighted by Gasteiger charge is 2.33. The van der Waals surface area contributed by atoms with Crippen LogP contribution in [0.2, 0.25) is 5.02 Å². The summed E-state index contributed by atoms with van der Waals surface area (Å²) in [6.45, 7) is 10.2. The molecule has 3 heterocycles. The Hall–Kier alpha value is -3.27. The molecule has 0 saturated carbocycles. The number of aromatic amines is 1. The smallest absolute Gasteiger partial charge is 0.253 e. The highest BCUT2D eigenvalue weighted by Crippen LogP contribution is 2.31. The Morgan fingerprint density at radius 2 is 1.81 bits per heavy atom. The molecule has 2 aromatic heterocycles. The van der Waals surface area contributed by atoms with Gasteiger partial charge in [0.05, 0.1) is 18.7 Å². The molecule has 5 rings (SSSR count). The van der Waals surface area contributed by atoms with Crippen molar-refractivity contribution in [1.82, 2.24) is 30.1 Å². The van der Waals surface area contributed by atoms with Gasteiger partial charge in [-0.2, -0.15) is 0 Å². The van der Waals surface area contributed by atoms with Crippen LogP contribution in [0.5, 0.6) is 0 Å². The fourth-order valence-electron chi connectivity index (χ4n) is 5.13. The average molecular weight is 522 g/mol. The maximum absolute atomic E-state index is 13.6. The van der Waals surface area contributed by atoms with Crippen molar-refractivity contribution < 1.29 is 4.74 Å². The van der Waals surface area contributed by atoms with Gasteiger partial charge < -0.3 is 14.6 Å². The molecule has 2 aromatic carbocycles. The standard InChI is InChI=1S/C27H32ClN7O2/c1-17-5-7-20-15-22(27(36)29-24(20)19(17)3)25(26-30-31-32-35(26)13-14-37-4)34-11-9-33(10-12-34)23-16-21(28)8-6-18(23)2/h5-8,15-16,25H,9-14H2,1-4H3,(H,29,36). The van der Waals surface area contributed by atoms with Gasteiger partial charge in [-0.1, -0.05) is 29.8 Å². The lowest BCUT2D eigenvalue weighted by atomic mass is 9.99. The molecular formula is C27H32ClN7O2. The van der Waals surface area contributed by atoms with Crippen LogP contribution in [0.1, 0.15) is 34.1 Å². The van der Waals surface area contributed by atoms with Gasteiger partial charge in [-0.15, -0.1) is 5.10 Å². The number of halogens is 1. The zero-order chi connectivity index (χ0) is 26.1. The van der Waals surface area contributed by atoms with Gasteiger partial charge in [0.15, 0.2) is 5.82 Å². The van der Waals surface area contributed by atoms with Gasteiger partial charge in [0.2, 0.25) is 0 Å². The first kappa shape index (κ1) is 25.4. The average Bonchev–Trinajstić information content (AvgIpc) is 3.36. The number of piperazine rings is 1. The van der Waals surface area contributed by atoms with Gasteiger partial charge in [0, 0.05) is 49.6 Å². The quantitative estimate of drug-likeness (QED) is 0.397. The molecule has 0 aliphatic carbocycles. The maximum atomic E-state index is 13.6. The Bertz CT molecular complexity index is 1470. The van der Waals surface area contributed by atoms with Crippen molar-refractivity contribution in [3.05, 3.63) is 79.9 Å². The third-order valence-electron chi connectivity index (χ3n) is 7.38. The van der Waals surface area contributed by atoms with Crippen LogP contribution in [0.15, 0.2) is 41.2 Å². The van der Waals surface area contributed by atoms with E-state index in [1.54, 1.807) is 11.8 Å². The summed E-state index contributed by atoms with van der Waals surface area (Å²) in [7, 11) is 1.65. The fraction of sp³-hybridized carbons (Fsp3) is 0.407. The Morgan fingerprint density at radius 3 is 2.57 bits per heavy atom. The van der Waals surface area contributed by atoms with Crippen LogP contribution in [0.3, 0.4) is 0 Å². The Kier molecular flexibility index (Phi) is 7.28. The highest BCUT2D eigenvalue weighted by molar-refractivity contribution is 6.30. The Morgan fingerprint density at radius 1 is 1.05 bits per heavy atom. The number of nitrogens with one attached hydrogen (secondary N) is 1. The molecule has 1 N–H and O–H groups in total. The van der Waals surface area contributed by atoms with Gasteiger partial charge in [0.1, 0.15) is 6.04 Å². The summed E-state index contributed by atoms with van der Waals surface area (Å²) in [5.74, 6) is 0.637. The van der Waals surface area contributed by atoms with E-state index in [-0.39, 0.29) is 5.56 Å². The summed E-state index contributed by atoms with van der Waals surface area (Å²) < 4.78 is 7.02. The first-order chi connectivity index (χ1) is 17.9. The number of rotatable bonds is 7. The van der Waals surface area contributed by atoms with E-state index in [0.29, 0.717) is 24.5 Å². The lowest BCUT2D eigenvalue weighted by Gasteiger charge is -2.40. The van der Waals surface area contributed by atoms with E-state index >= 15 is 0 Å². The monoisotopic (exact) mass is 521 g/mol. The van der Waals surface area contributed by atoms with Crippen LogP contribution in [0.25, 0.3) is 10.9 Å². The number of H-pyrrole nitrogens is 1. The second-order valence-corrected chi connectivity index (χ2v) is 10.1. The van der Waals surface area contributed by atoms with E-state index in [2.05, 4.69) is 62.4 Å². The Balaban J connectivity index is 1.54. The molecule has 10 heteroatoms. The molecule has 1 aliphatic heterocycles. The van der Waals surface area contributed by atoms with Crippen molar-refractivity contribution >= 4 is 28.2 Å². The third-order valence-corrected chi connectivity index (χ3v) is 7.61. The minimum atomic E-state index is -0.399. The first-order valence-corrected chi connectivity index (χ1v) is 12.9. The largest absolute Gasteiger partial charge is 0.383 e. The van der Waals surface area contributed by atoms with Gasteiger partial charge >= 0.3 is 0 Å². The number of ether oxygens (including phenoxy) is 1. The lowest BCUT2D eigenvalue weighted by molar-refractivity contribution is 0.171. The van der Waals surface area contributed by atoms with Gasteiger partial charge in [-0.05, 0) is 71.5 Å². The molecule has 1 atom stereocenters. The first-order valence-electron chi connectivity index (χ1n) is 12.5. The number of hydrogen-bond acceptors (Lipinski definition) is 7. The molecule has 1 aliphatic rings. The van der Waals surface area contributed by atoms with Crippen molar-refractivity contribution in [1.29, 1.82) is 0 Å². The molecule has 1 saturated heterocycles. The van der Waals surface area contributed by atoms with E-state index in [0.717, 1.165) is 58.9 Å². The highest BCUT2D eigenvalue weighted by atomic mass is 35.5. The van der Waals surface area contributed by atoms with Gasteiger partial charge in [0.25, 0.3) is 5.56 Å². The summed E-state index contributed by atoms with van der Waals surface area (Å²) in [4.78, 5) is 21.4. The minimum Gasteiger partial charge on any atom is -0.383 e. The van der Waals surface area contributed by atoms with Crippen molar-refractivity contribution in [3.63, 3.8) is 0 Å². The molecule has 0 radical (unpaired) electrons. The number of methoxy groups -OCH3 is 1. The number of hydrogen-bond donors (Lipinski definition) is 1. The molecule has 1 fully saturated rings. The van der Waals surface area contributed by atoms with Crippen LogP contribution < -0.4 is 10.5 Å². The predicted molar refractivity (Wildman–Crippen MR) is 146 cm³/mol. The maximum Gasteiger partial charge on any atom is 0.253 e. The zero-order valence-corrected chi connectivity index (χ0v) is 22.4. The van der Waals surface area contributed by atoms with E-state index in [9.17, 15) is 4.79 Å². The molecule has 9 nitrogen and oxygen atoms in total.